The van der Waals surface area contributed by atoms with Crippen LogP contribution in [0.5, 0.6) is 0 Å². The number of rotatable bonds is 4. The van der Waals surface area contributed by atoms with Crippen molar-refractivity contribution in [2.24, 2.45) is 0 Å². The number of nitrogens with zero attached hydrogens (tertiary/aromatic N) is 2. The summed E-state index contributed by atoms with van der Waals surface area (Å²) in [4.78, 5) is 26.4. The molecular weight excluding hydrogens is 275 g/mol. The molecule has 0 aromatic heterocycles. The summed E-state index contributed by atoms with van der Waals surface area (Å²) in [5.74, 6) is -1.38. The van der Waals surface area contributed by atoms with E-state index in [-0.39, 0.29) is 24.2 Å². The molecule has 1 aliphatic heterocycles. The highest BCUT2D eigenvalue weighted by atomic mass is 19.1. The van der Waals surface area contributed by atoms with Crippen LogP contribution in [-0.2, 0) is 4.79 Å². The quantitative estimate of drug-likeness (QED) is 0.928. The van der Waals surface area contributed by atoms with Gasteiger partial charge in [0.15, 0.2) is 0 Å². The Kier molecular flexibility index (Phi) is 4.77. The number of benzene rings is 1. The molecule has 6 heteroatoms. The molecule has 0 spiro atoms. The Morgan fingerprint density at radius 3 is 2.76 bits per heavy atom. The molecule has 0 radical (unpaired) electrons. The molecule has 1 atom stereocenters. The summed E-state index contributed by atoms with van der Waals surface area (Å²) in [6.45, 7) is 2.62. The SMILES string of the molecule is CCN(C(=O)N1CCCC1CC(=O)O)c1ccccc1F. The minimum Gasteiger partial charge on any atom is -0.481 e. The monoisotopic (exact) mass is 294 g/mol. The lowest BCUT2D eigenvalue weighted by Crippen LogP contribution is -2.46. The number of hydrogen-bond donors (Lipinski definition) is 1. The highest BCUT2D eigenvalue weighted by Crippen LogP contribution is 2.25. The third-order valence-corrected chi connectivity index (χ3v) is 3.72. The highest BCUT2D eigenvalue weighted by Gasteiger charge is 2.33. The second-order valence-electron chi connectivity index (χ2n) is 5.07. The maximum atomic E-state index is 13.9. The minimum absolute atomic E-state index is 0.0689. The molecule has 5 nitrogen and oxygen atoms in total. The minimum atomic E-state index is -0.923. The zero-order valence-electron chi connectivity index (χ0n) is 12.0. The van der Waals surface area contributed by atoms with Gasteiger partial charge in [0.2, 0.25) is 0 Å². The molecule has 1 unspecified atom stereocenters. The van der Waals surface area contributed by atoms with Crippen LogP contribution in [0.1, 0.15) is 26.2 Å². The summed E-state index contributed by atoms with van der Waals surface area (Å²) < 4.78 is 13.9. The van der Waals surface area contributed by atoms with Crippen LogP contribution in [0.25, 0.3) is 0 Å². The number of amides is 2. The second kappa shape index (κ2) is 6.56. The average molecular weight is 294 g/mol. The van der Waals surface area contributed by atoms with Gasteiger partial charge in [-0.2, -0.15) is 0 Å². The summed E-state index contributed by atoms with van der Waals surface area (Å²) in [5.41, 5.74) is 0.228. The van der Waals surface area contributed by atoms with Crippen molar-refractivity contribution in [3.05, 3.63) is 30.1 Å². The predicted octanol–water partition coefficient (Wildman–Crippen LogP) is 2.71. The van der Waals surface area contributed by atoms with Crippen molar-refractivity contribution in [3.63, 3.8) is 0 Å². The van der Waals surface area contributed by atoms with Crippen molar-refractivity contribution < 1.29 is 19.1 Å². The maximum absolute atomic E-state index is 13.9. The van der Waals surface area contributed by atoms with E-state index in [0.29, 0.717) is 19.5 Å². The fraction of sp³-hybridized carbons (Fsp3) is 0.467. The number of urea groups is 1. The summed E-state index contributed by atoms with van der Waals surface area (Å²) in [6, 6.07) is 5.47. The molecule has 1 saturated heterocycles. The third-order valence-electron chi connectivity index (χ3n) is 3.72. The fourth-order valence-electron chi connectivity index (χ4n) is 2.74. The van der Waals surface area contributed by atoms with Crippen LogP contribution in [0.3, 0.4) is 0 Å². The lowest BCUT2D eigenvalue weighted by atomic mass is 10.1. The van der Waals surface area contributed by atoms with Crippen LogP contribution in [0.4, 0.5) is 14.9 Å². The van der Waals surface area contributed by atoms with E-state index in [0.717, 1.165) is 6.42 Å². The van der Waals surface area contributed by atoms with Crippen LogP contribution in [-0.4, -0.2) is 41.1 Å². The number of carboxylic acids is 1. The van der Waals surface area contributed by atoms with Crippen LogP contribution in [0.15, 0.2) is 24.3 Å². The van der Waals surface area contributed by atoms with E-state index < -0.39 is 11.8 Å². The molecule has 1 heterocycles. The third kappa shape index (κ3) is 3.32. The van der Waals surface area contributed by atoms with Gasteiger partial charge >= 0.3 is 12.0 Å². The molecular formula is C15H19FN2O3. The maximum Gasteiger partial charge on any atom is 0.324 e. The Balaban J connectivity index is 2.20. The predicted molar refractivity (Wildman–Crippen MR) is 76.8 cm³/mol. The smallest absolute Gasteiger partial charge is 0.324 e. The van der Waals surface area contributed by atoms with Crippen molar-refractivity contribution in [2.45, 2.75) is 32.2 Å². The molecule has 1 aromatic carbocycles. The van der Waals surface area contributed by atoms with Crippen LogP contribution < -0.4 is 4.90 Å². The summed E-state index contributed by atoms with van der Waals surface area (Å²) >= 11 is 0. The molecule has 114 valence electrons. The lowest BCUT2D eigenvalue weighted by molar-refractivity contribution is -0.137. The first kappa shape index (κ1) is 15.3. The number of halogens is 1. The van der Waals surface area contributed by atoms with E-state index in [1.54, 1.807) is 30.0 Å². The average Bonchev–Trinajstić information content (AvgIpc) is 2.88. The van der Waals surface area contributed by atoms with E-state index in [2.05, 4.69) is 0 Å². The standard InChI is InChI=1S/C15H19FN2O3/c1-2-17(13-8-4-3-7-12(13)16)15(21)18-9-5-6-11(18)10-14(19)20/h3-4,7-8,11H,2,5-6,9-10H2,1H3,(H,19,20). The van der Waals surface area contributed by atoms with Crippen molar-refractivity contribution in [1.29, 1.82) is 0 Å². The van der Waals surface area contributed by atoms with Gasteiger partial charge in [0.1, 0.15) is 5.82 Å². The topological polar surface area (TPSA) is 60.9 Å². The lowest BCUT2D eigenvalue weighted by Gasteiger charge is -2.30. The second-order valence-corrected chi connectivity index (χ2v) is 5.07. The number of likely N-dealkylation sites (tertiary alicyclic amines) is 1. The molecule has 0 saturated carbocycles. The van der Waals surface area contributed by atoms with Gasteiger partial charge in [0.05, 0.1) is 12.1 Å². The Morgan fingerprint density at radius 2 is 2.14 bits per heavy atom. The first-order chi connectivity index (χ1) is 10.0. The summed E-state index contributed by atoms with van der Waals surface area (Å²) in [5, 5.41) is 8.92. The Morgan fingerprint density at radius 1 is 1.43 bits per heavy atom. The van der Waals surface area contributed by atoms with Gasteiger partial charge in [0.25, 0.3) is 0 Å². The van der Waals surface area contributed by atoms with Gasteiger partial charge in [-0.25, -0.2) is 9.18 Å². The van der Waals surface area contributed by atoms with Crippen LogP contribution in [0.2, 0.25) is 0 Å². The Hall–Kier alpha value is -2.11. The highest BCUT2D eigenvalue weighted by molar-refractivity contribution is 5.92. The van der Waals surface area contributed by atoms with Gasteiger partial charge in [0, 0.05) is 19.1 Å². The normalized spacial score (nSPS) is 17.8. The molecule has 1 fully saturated rings. The first-order valence-corrected chi connectivity index (χ1v) is 7.09. The molecule has 1 N–H and O–H groups in total. The number of anilines is 1. The molecule has 0 bridgehead atoms. The first-order valence-electron chi connectivity index (χ1n) is 7.09. The zero-order valence-corrected chi connectivity index (χ0v) is 12.0. The van der Waals surface area contributed by atoms with Gasteiger partial charge in [-0.3, -0.25) is 9.69 Å². The molecule has 2 amide bonds. The van der Waals surface area contributed by atoms with E-state index in [9.17, 15) is 14.0 Å². The van der Waals surface area contributed by atoms with Gasteiger partial charge < -0.3 is 10.0 Å². The Labute approximate surface area is 123 Å². The van der Waals surface area contributed by atoms with Crippen LogP contribution in [0, 0.1) is 5.82 Å². The van der Waals surface area contributed by atoms with Crippen molar-refractivity contribution in [3.8, 4) is 0 Å². The summed E-state index contributed by atoms with van der Waals surface area (Å²) in [7, 11) is 0. The van der Waals surface area contributed by atoms with E-state index in [1.807, 2.05) is 0 Å². The van der Waals surface area contributed by atoms with Crippen molar-refractivity contribution in [1.82, 2.24) is 4.90 Å². The number of carbonyl (C=O) groups excluding carboxylic acids is 1. The molecule has 21 heavy (non-hydrogen) atoms. The summed E-state index contributed by atoms with van der Waals surface area (Å²) in [6.07, 6.45) is 1.38. The van der Waals surface area contributed by atoms with Crippen LogP contribution >= 0.6 is 0 Å². The molecule has 0 aliphatic carbocycles. The number of aliphatic carboxylic acids is 1. The van der Waals surface area contributed by atoms with E-state index >= 15 is 0 Å². The zero-order chi connectivity index (χ0) is 15.4. The number of para-hydroxylation sites is 1. The largest absolute Gasteiger partial charge is 0.481 e. The molecule has 1 aromatic rings. The number of hydrogen-bond acceptors (Lipinski definition) is 2. The van der Waals surface area contributed by atoms with Crippen molar-refractivity contribution in [2.75, 3.05) is 18.0 Å². The fourth-order valence-corrected chi connectivity index (χ4v) is 2.74. The number of carbonyl (C=O) groups is 2. The van der Waals surface area contributed by atoms with Crippen molar-refractivity contribution >= 4 is 17.7 Å². The Bertz CT molecular complexity index is 535. The van der Waals surface area contributed by atoms with E-state index in [1.165, 1.54) is 11.0 Å². The molecule has 1 aliphatic rings. The van der Waals surface area contributed by atoms with Gasteiger partial charge in [-0.05, 0) is 31.9 Å². The van der Waals surface area contributed by atoms with Gasteiger partial charge in [-0.1, -0.05) is 12.1 Å². The van der Waals surface area contributed by atoms with Gasteiger partial charge in [-0.15, -0.1) is 0 Å². The van der Waals surface area contributed by atoms with E-state index in [4.69, 9.17) is 5.11 Å². The number of carboxylic acid groups (broad SMARTS) is 1. The molecule has 2 rings (SSSR count).